The molecule has 2 atom stereocenters. The molecule has 0 radical (unpaired) electrons. The third-order valence-electron chi connectivity index (χ3n) is 6.82. The first kappa shape index (κ1) is 32.0. The van der Waals surface area contributed by atoms with E-state index in [1.54, 1.807) is 17.0 Å². The zero-order chi connectivity index (χ0) is 29.2. The lowest BCUT2D eigenvalue weighted by molar-refractivity contribution is -0.126. The van der Waals surface area contributed by atoms with Gasteiger partial charge >= 0.3 is 6.18 Å². The SMILES string of the molecule is C/C(N=CN)=C(/C=Nc1cccc(C(=O)N2CCN(C)CC2)c1)C(F)(F)F.CC(C)NC(=O)C1CCCC1C. The van der Waals surface area contributed by atoms with Crippen LogP contribution in [0, 0.1) is 11.8 Å². The molecule has 2 amide bonds. The van der Waals surface area contributed by atoms with Gasteiger partial charge in [0, 0.05) is 49.9 Å². The Kier molecular flexibility index (Phi) is 12.2. The highest BCUT2D eigenvalue weighted by molar-refractivity contribution is 5.95. The normalized spacial score (nSPS) is 21.2. The van der Waals surface area contributed by atoms with E-state index in [0.29, 0.717) is 30.8 Å². The summed E-state index contributed by atoms with van der Waals surface area (Å²) >= 11 is 0. The molecule has 3 N–H and O–H groups in total. The van der Waals surface area contributed by atoms with Gasteiger partial charge in [0.25, 0.3) is 5.91 Å². The van der Waals surface area contributed by atoms with Crippen LogP contribution >= 0.6 is 0 Å². The van der Waals surface area contributed by atoms with Gasteiger partial charge in [-0.15, -0.1) is 0 Å². The third kappa shape index (κ3) is 10.1. The molecule has 0 aromatic heterocycles. The number of carbonyl (C=O) groups excluding carboxylic acids is 2. The first-order chi connectivity index (χ1) is 18.3. The number of halogens is 3. The minimum absolute atomic E-state index is 0.157. The molecular formula is C28H41F3N6O2. The molecule has 1 saturated heterocycles. The maximum Gasteiger partial charge on any atom is 0.419 e. The maximum absolute atomic E-state index is 13.1. The molecule has 2 aliphatic rings. The number of alkyl halides is 3. The molecule has 1 aliphatic heterocycles. The average Bonchev–Trinajstić information content (AvgIpc) is 3.30. The Bertz CT molecular complexity index is 1060. The summed E-state index contributed by atoms with van der Waals surface area (Å²) in [4.78, 5) is 35.3. The highest BCUT2D eigenvalue weighted by Gasteiger charge is 2.34. The Morgan fingerprint density at radius 3 is 2.36 bits per heavy atom. The fourth-order valence-corrected chi connectivity index (χ4v) is 4.53. The monoisotopic (exact) mass is 550 g/mol. The summed E-state index contributed by atoms with van der Waals surface area (Å²) in [5.41, 5.74) is 4.42. The Labute approximate surface area is 229 Å². The van der Waals surface area contributed by atoms with Crippen molar-refractivity contribution in [1.29, 1.82) is 0 Å². The molecular weight excluding hydrogens is 509 g/mol. The van der Waals surface area contributed by atoms with Crippen LogP contribution in [0.5, 0.6) is 0 Å². The summed E-state index contributed by atoms with van der Waals surface area (Å²) < 4.78 is 39.4. The number of amides is 2. The summed E-state index contributed by atoms with van der Waals surface area (Å²) in [5, 5.41) is 2.98. The van der Waals surface area contributed by atoms with E-state index in [2.05, 4.69) is 27.1 Å². The van der Waals surface area contributed by atoms with Crippen molar-refractivity contribution in [2.24, 2.45) is 27.6 Å². The van der Waals surface area contributed by atoms with Crippen LogP contribution in [-0.4, -0.2) is 79.6 Å². The van der Waals surface area contributed by atoms with E-state index in [1.807, 2.05) is 20.9 Å². The molecule has 1 aromatic carbocycles. The van der Waals surface area contributed by atoms with Crippen molar-refractivity contribution in [3.8, 4) is 0 Å². The van der Waals surface area contributed by atoms with Crippen LogP contribution in [0.2, 0.25) is 0 Å². The second kappa shape index (κ2) is 14.8. The van der Waals surface area contributed by atoms with E-state index in [4.69, 9.17) is 5.73 Å². The Morgan fingerprint density at radius 2 is 1.82 bits per heavy atom. The number of piperazine rings is 1. The predicted molar refractivity (Wildman–Crippen MR) is 149 cm³/mol. The van der Waals surface area contributed by atoms with Gasteiger partial charge in [-0.3, -0.25) is 14.6 Å². The molecule has 39 heavy (non-hydrogen) atoms. The summed E-state index contributed by atoms with van der Waals surface area (Å²) in [6.07, 6.45) is 0.395. The number of allylic oxidation sites excluding steroid dienone is 2. The molecule has 2 fully saturated rings. The number of aliphatic imine (C=N–C) groups is 2. The van der Waals surface area contributed by atoms with Gasteiger partial charge in [-0.05, 0) is 64.8 Å². The second-order valence-electron chi connectivity index (χ2n) is 10.4. The van der Waals surface area contributed by atoms with Gasteiger partial charge in [0.15, 0.2) is 0 Å². The third-order valence-corrected chi connectivity index (χ3v) is 6.82. The van der Waals surface area contributed by atoms with Crippen LogP contribution in [0.1, 0.15) is 57.3 Å². The summed E-state index contributed by atoms with van der Waals surface area (Å²) in [6, 6.07) is 6.52. The number of likely N-dealkylation sites (N-methyl/N-ethyl adjacent to an activating group) is 1. The Balaban J connectivity index is 0.000000370. The number of benzene rings is 1. The molecule has 3 rings (SSSR count). The average molecular weight is 551 g/mol. The van der Waals surface area contributed by atoms with Crippen molar-refractivity contribution < 1.29 is 22.8 Å². The maximum atomic E-state index is 13.1. The van der Waals surface area contributed by atoms with Crippen LogP contribution in [0.15, 0.2) is 45.5 Å². The zero-order valence-corrected chi connectivity index (χ0v) is 23.5. The topological polar surface area (TPSA) is 103 Å². The van der Waals surface area contributed by atoms with E-state index in [1.165, 1.54) is 31.9 Å². The minimum atomic E-state index is -4.62. The number of nitrogens with two attached hydrogens (primary N) is 1. The van der Waals surface area contributed by atoms with Crippen molar-refractivity contribution in [3.63, 3.8) is 0 Å². The Hall–Kier alpha value is -3.21. The van der Waals surface area contributed by atoms with Crippen LogP contribution < -0.4 is 11.1 Å². The van der Waals surface area contributed by atoms with Gasteiger partial charge in [-0.25, -0.2) is 4.99 Å². The summed E-state index contributed by atoms with van der Waals surface area (Å²) in [5.74, 6) is 0.974. The highest BCUT2D eigenvalue weighted by atomic mass is 19.4. The van der Waals surface area contributed by atoms with Gasteiger partial charge in [-0.2, -0.15) is 13.2 Å². The van der Waals surface area contributed by atoms with Gasteiger partial charge in [0.1, 0.15) is 0 Å². The van der Waals surface area contributed by atoms with Crippen LogP contribution in [-0.2, 0) is 4.79 Å². The molecule has 1 saturated carbocycles. The number of carbonyl (C=O) groups is 2. The van der Waals surface area contributed by atoms with Gasteiger partial charge in [-0.1, -0.05) is 19.4 Å². The van der Waals surface area contributed by atoms with Crippen molar-refractivity contribution >= 4 is 30.1 Å². The predicted octanol–water partition coefficient (Wildman–Crippen LogP) is 4.55. The van der Waals surface area contributed by atoms with Gasteiger partial charge in [0.05, 0.1) is 23.3 Å². The highest BCUT2D eigenvalue weighted by Crippen LogP contribution is 2.31. The molecule has 1 aliphatic carbocycles. The first-order valence-corrected chi connectivity index (χ1v) is 13.3. The molecule has 8 nitrogen and oxygen atoms in total. The fraction of sp³-hybridized carbons (Fsp3) is 0.571. The number of hydrogen-bond donors (Lipinski definition) is 2. The van der Waals surface area contributed by atoms with Crippen molar-refractivity contribution in [2.75, 3.05) is 33.2 Å². The van der Waals surface area contributed by atoms with E-state index < -0.39 is 11.7 Å². The number of rotatable bonds is 6. The van der Waals surface area contributed by atoms with E-state index >= 15 is 0 Å². The van der Waals surface area contributed by atoms with Crippen LogP contribution in [0.3, 0.4) is 0 Å². The smallest absolute Gasteiger partial charge is 0.390 e. The molecule has 1 aromatic rings. The van der Waals surface area contributed by atoms with Gasteiger partial charge in [0.2, 0.25) is 5.91 Å². The van der Waals surface area contributed by atoms with E-state index in [-0.39, 0.29) is 35.2 Å². The molecule has 216 valence electrons. The van der Waals surface area contributed by atoms with Crippen molar-refractivity contribution in [3.05, 3.63) is 41.1 Å². The van der Waals surface area contributed by atoms with Crippen molar-refractivity contribution in [1.82, 2.24) is 15.1 Å². The minimum Gasteiger partial charge on any atom is -0.390 e. The lowest BCUT2D eigenvalue weighted by Crippen LogP contribution is -2.47. The lowest BCUT2D eigenvalue weighted by atomic mass is 9.97. The molecule has 2 unspecified atom stereocenters. The Morgan fingerprint density at radius 1 is 1.15 bits per heavy atom. The lowest BCUT2D eigenvalue weighted by Gasteiger charge is -2.32. The van der Waals surface area contributed by atoms with E-state index in [0.717, 1.165) is 25.8 Å². The molecule has 1 heterocycles. The summed E-state index contributed by atoms with van der Waals surface area (Å²) in [7, 11) is 1.99. The number of nitrogens with zero attached hydrogens (tertiary/aromatic N) is 4. The number of hydrogen-bond acceptors (Lipinski definition) is 5. The summed E-state index contributed by atoms with van der Waals surface area (Å²) in [6.45, 7) is 10.2. The second-order valence-corrected chi connectivity index (χ2v) is 10.4. The largest absolute Gasteiger partial charge is 0.419 e. The zero-order valence-electron chi connectivity index (χ0n) is 23.5. The molecule has 0 spiro atoms. The van der Waals surface area contributed by atoms with Crippen molar-refractivity contribution in [2.45, 2.75) is 59.2 Å². The first-order valence-electron chi connectivity index (χ1n) is 13.3. The molecule has 11 heteroatoms. The van der Waals surface area contributed by atoms with Crippen LogP contribution in [0.4, 0.5) is 18.9 Å². The fourth-order valence-electron chi connectivity index (χ4n) is 4.53. The number of nitrogens with one attached hydrogen (secondary N) is 1. The van der Waals surface area contributed by atoms with Gasteiger partial charge < -0.3 is 20.9 Å². The standard InChI is InChI=1S/C18H22F3N5O.C10H19NO/c1-13(24-12-22)16(18(19,20)21)11-23-15-5-3-4-14(10-15)17(27)26-8-6-25(2)7-9-26;1-7(2)11-10(12)9-6-4-5-8(9)3/h3-5,10-12H,6-9H2,1-2H3,(H2,22,24);7-9H,4-6H2,1-3H3,(H,11,12)/b16-13+,23-11?;. The van der Waals surface area contributed by atoms with E-state index in [9.17, 15) is 22.8 Å². The molecule has 0 bridgehead atoms. The van der Waals surface area contributed by atoms with Crippen LogP contribution in [0.25, 0.3) is 0 Å². The quantitative estimate of drug-likeness (QED) is 0.401.